The predicted molar refractivity (Wildman–Crippen MR) is 133 cm³/mol. The van der Waals surface area contributed by atoms with Crippen molar-refractivity contribution < 1.29 is 24.2 Å². The van der Waals surface area contributed by atoms with Crippen molar-refractivity contribution >= 4 is 52.3 Å². The maximum atomic E-state index is 13.3. The number of aliphatic carboxylic acids is 1. The second-order valence-corrected chi connectivity index (χ2v) is 9.69. The normalized spacial score (nSPS) is 23.0. The molecular formula is C23H24Cl2N4O5S. The topological polar surface area (TPSA) is 113 Å². The number of carbonyl (C=O) groups is 2. The van der Waals surface area contributed by atoms with Crippen LogP contribution in [-0.2, 0) is 19.1 Å². The molecule has 1 aromatic carbocycles. The van der Waals surface area contributed by atoms with E-state index in [9.17, 15) is 14.7 Å². The molecule has 2 N–H and O–H groups in total. The van der Waals surface area contributed by atoms with E-state index < -0.39 is 30.1 Å². The first-order valence-corrected chi connectivity index (χ1v) is 12.6. The molecule has 0 saturated carbocycles. The molecule has 0 bridgehead atoms. The van der Waals surface area contributed by atoms with E-state index in [2.05, 4.69) is 10.3 Å². The average Bonchev–Trinajstić information content (AvgIpc) is 3.33. The number of hydrogen-bond acceptors (Lipinski definition) is 9. The van der Waals surface area contributed by atoms with E-state index in [1.807, 2.05) is 5.38 Å². The van der Waals surface area contributed by atoms with Crippen LogP contribution in [0.1, 0.15) is 30.5 Å². The summed E-state index contributed by atoms with van der Waals surface area (Å²) >= 11 is 14.0. The maximum absolute atomic E-state index is 13.3. The Bertz CT molecular complexity index is 1170. The first-order valence-electron chi connectivity index (χ1n) is 11.0. The van der Waals surface area contributed by atoms with Gasteiger partial charge in [-0.3, -0.25) is 14.7 Å². The number of nitrogens with one attached hydrogen (secondary N) is 1. The number of carboxylic acids is 1. The zero-order valence-electron chi connectivity index (χ0n) is 19.0. The molecule has 1 saturated heterocycles. The molecule has 3 atom stereocenters. The van der Waals surface area contributed by atoms with Crippen LogP contribution in [0.25, 0.3) is 0 Å². The van der Waals surface area contributed by atoms with Gasteiger partial charge in [-0.05, 0) is 26.0 Å². The van der Waals surface area contributed by atoms with Gasteiger partial charge in [-0.15, -0.1) is 11.3 Å². The Morgan fingerprint density at radius 3 is 2.83 bits per heavy atom. The smallest absolute Gasteiger partial charge is 0.338 e. The van der Waals surface area contributed by atoms with Gasteiger partial charge in [-0.1, -0.05) is 29.3 Å². The number of carboxylic acid groups (broad SMARTS) is 1. The molecule has 2 aliphatic rings. The molecule has 12 heteroatoms. The molecule has 3 unspecified atom stereocenters. The van der Waals surface area contributed by atoms with Crippen LogP contribution in [0.2, 0.25) is 10.0 Å². The van der Waals surface area contributed by atoms with Gasteiger partial charge in [-0.2, -0.15) is 0 Å². The first kappa shape index (κ1) is 25.6. The van der Waals surface area contributed by atoms with Gasteiger partial charge in [0.25, 0.3) is 0 Å². The van der Waals surface area contributed by atoms with E-state index >= 15 is 0 Å². The van der Waals surface area contributed by atoms with Crippen molar-refractivity contribution in [3.8, 4) is 0 Å². The summed E-state index contributed by atoms with van der Waals surface area (Å²) < 4.78 is 11.0. The lowest BCUT2D eigenvalue weighted by molar-refractivity contribution is -0.155. The molecular weight excluding hydrogens is 515 g/mol. The van der Waals surface area contributed by atoms with Gasteiger partial charge in [0.2, 0.25) is 0 Å². The molecule has 9 nitrogen and oxygen atoms in total. The largest absolute Gasteiger partial charge is 0.480 e. The van der Waals surface area contributed by atoms with Gasteiger partial charge in [0, 0.05) is 46.0 Å². The van der Waals surface area contributed by atoms with Crippen LogP contribution in [0.4, 0.5) is 0 Å². The minimum absolute atomic E-state index is 0.130. The highest BCUT2D eigenvalue weighted by Crippen LogP contribution is 2.37. The van der Waals surface area contributed by atoms with Crippen molar-refractivity contribution in [1.82, 2.24) is 15.2 Å². The Hall–Kier alpha value is -2.50. The summed E-state index contributed by atoms with van der Waals surface area (Å²) in [7, 11) is 0. The molecule has 0 aliphatic carbocycles. The summed E-state index contributed by atoms with van der Waals surface area (Å²) in [5.41, 5.74) is 1.29. The number of esters is 1. The highest BCUT2D eigenvalue weighted by molar-refractivity contribution is 7.11. The van der Waals surface area contributed by atoms with Crippen molar-refractivity contribution in [2.75, 3.05) is 26.3 Å². The molecule has 1 aromatic heterocycles. The highest BCUT2D eigenvalue weighted by atomic mass is 35.5. The Morgan fingerprint density at radius 2 is 2.17 bits per heavy atom. The molecule has 0 radical (unpaired) electrons. The summed E-state index contributed by atoms with van der Waals surface area (Å²) in [6.45, 7) is 4.47. The second-order valence-electron chi connectivity index (χ2n) is 7.95. The molecule has 2 aromatic rings. The summed E-state index contributed by atoms with van der Waals surface area (Å²) in [4.78, 5) is 36.2. The Balaban J connectivity index is 1.84. The predicted octanol–water partition coefficient (Wildman–Crippen LogP) is 3.53. The number of hydrogen-bond donors (Lipinski definition) is 2. The maximum Gasteiger partial charge on any atom is 0.338 e. The van der Waals surface area contributed by atoms with Crippen LogP contribution < -0.4 is 5.32 Å². The minimum atomic E-state index is -1.00. The Labute approximate surface area is 216 Å². The fraction of sp³-hybridized carbons (Fsp3) is 0.391. The van der Waals surface area contributed by atoms with Crippen molar-refractivity contribution in [2.24, 2.45) is 4.99 Å². The SMILES string of the molecule is CCOC(=O)C1=C(CN2CCOC(C)C2C(=O)O)NC(c2nccs2)=NC1c1ccc(Cl)cc1Cl. The van der Waals surface area contributed by atoms with E-state index in [4.69, 9.17) is 37.7 Å². The minimum Gasteiger partial charge on any atom is -0.480 e. The van der Waals surface area contributed by atoms with E-state index in [0.29, 0.717) is 45.3 Å². The summed E-state index contributed by atoms with van der Waals surface area (Å²) in [5, 5.41) is 16.3. The third-order valence-corrected chi connectivity index (χ3v) is 7.07. The zero-order valence-corrected chi connectivity index (χ0v) is 21.4. The number of rotatable bonds is 7. The molecule has 2 aliphatic heterocycles. The lowest BCUT2D eigenvalue weighted by Crippen LogP contribution is -2.56. The van der Waals surface area contributed by atoms with Crippen molar-refractivity contribution in [1.29, 1.82) is 0 Å². The number of aromatic nitrogens is 1. The van der Waals surface area contributed by atoms with E-state index in [1.54, 1.807) is 43.1 Å². The van der Waals surface area contributed by atoms with Crippen LogP contribution in [0, 0.1) is 0 Å². The van der Waals surface area contributed by atoms with Crippen LogP contribution in [0.15, 0.2) is 46.0 Å². The van der Waals surface area contributed by atoms with Gasteiger partial charge >= 0.3 is 11.9 Å². The third-order valence-electron chi connectivity index (χ3n) is 5.72. The van der Waals surface area contributed by atoms with Crippen LogP contribution in [-0.4, -0.2) is 71.2 Å². The molecule has 1 fully saturated rings. The van der Waals surface area contributed by atoms with Gasteiger partial charge in [0.05, 0.1) is 24.9 Å². The molecule has 4 rings (SSSR count). The molecule has 0 amide bonds. The van der Waals surface area contributed by atoms with Gasteiger partial charge < -0.3 is 19.9 Å². The van der Waals surface area contributed by atoms with Crippen molar-refractivity contribution in [3.05, 3.63) is 61.7 Å². The number of carbonyl (C=O) groups excluding carboxylic acids is 1. The van der Waals surface area contributed by atoms with Crippen LogP contribution in [0.5, 0.6) is 0 Å². The first-order chi connectivity index (χ1) is 16.8. The zero-order chi connectivity index (χ0) is 25.1. The average molecular weight is 539 g/mol. The quantitative estimate of drug-likeness (QED) is 0.514. The molecule has 35 heavy (non-hydrogen) atoms. The third kappa shape index (κ3) is 5.52. The standard InChI is InChI=1S/C23H24Cl2N4O5S/c1-3-33-23(32)17-16(11-29-7-8-34-12(2)19(29)22(30)31)27-20(21-26-6-9-35-21)28-18(17)14-5-4-13(24)10-15(14)25/h4-6,9-10,12,18-19H,3,7-8,11H2,1-2H3,(H,27,28)(H,30,31). The lowest BCUT2D eigenvalue weighted by Gasteiger charge is -2.38. The molecule has 186 valence electrons. The van der Waals surface area contributed by atoms with Gasteiger partial charge in [0.15, 0.2) is 10.8 Å². The van der Waals surface area contributed by atoms with Crippen molar-refractivity contribution in [3.63, 3.8) is 0 Å². The van der Waals surface area contributed by atoms with Crippen molar-refractivity contribution in [2.45, 2.75) is 32.0 Å². The van der Waals surface area contributed by atoms with Crippen LogP contribution in [0.3, 0.4) is 0 Å². The Kier molecular flexibility index (Phi) is 8.08. The van der Waals surface area contributed by atoms with E-state index in [0.717, 1.165) is 0 Å². The lowest BCUT2D eigenvalue weighted by atomic mass is 9.94. The number of amidine groups is 1. The second kappa shape index (κ2) is 11.0. The molecule has 3 heterocycles. The number of ether oxygens (including phenoxy) is 2. The van der Waals surface area contributed by atoms with Gasteiger partial charge in [0.1, 0.15) is 12.1 Å². The van der Waals surface area contributed by atoms with Crippen LogP contribution >= 0.6 is 34.5 Å². The highest BCUT2D eigenvalue weighted by Gasteiger charge is 2.39. The fourth-order valence-electron chi connectivity index (χ4n) is 4.19. The summed E-state index contributed by atoms with van der Waals surface area (Å²) in [5.74, 6) is -1.12. The number of thiazole rings is 1. The number of benzene rings is 1. The fourth-order valence-corrected chi connectivity index (χ4v) is 5.29. The van der Waals surface area contributed by atoms with Gasteiger partial charge in [-0.25, -0.2) is 9.78 Å². The van der Waals surface area contributed by atoms with E-state index in [1.165, 1.54) is 11.3 Å². The number of morpholine rings is 1. The summed E-state index contributed by atoms with van der Waals surface area (Å²) in [6, 6.07) is 3.29. The monoisotopic (exact) mass is 538 g/mol. The Morgan fingerprint density at radius 1 is 1.37 bits per heavy atom. The number of halogens is 2. The number of aliphatic imine (C=N–C) groups is 1. The molecule has 0 spiro atoms. The van der Waals surface area contributed by atoms with E-state index in [-0.39, 0.29) is 18.7 Å². The number of nitrogens with zero attached hydrogens (tertiary/aromatic N) is 3. The summed E-state index contributed by atoms with van der Waals surface area (Å²) in [6.07, 6.45) is 1.13.